The molecule has 0 amide bonds. The molecule has 1 unspecified atom stereocenters. The highest BCUT2D eigenvalue weighted by molar-refractivity contribution is 4.80. The van der Waals surface area contributed by atoms with E-state index >= 15 is 0 Å². The summed E-state index contributed by atoms with van der Waals surface area (Å²) in [5, 5.41) is 26.8. The minimum Gasteiger partial charge on any atom is -0.390 e. The third kappa shape index (κ3) is 1.41. The van der Waals surface area contributed by atoms with Gasteiger partial charge in [0.25, 0.3) is 0 Å². The number of rotatable bonds is 0. The van der Waals surface area contributed by atoms with Crippen LogP contribution in [-0.4, -0.2) is 33.6 Å². The van der Waals surface area contributed by atoms with Gasteiger partial charge in [-0.15, -0.1) is 0 Å². The Morgan fingerprint density at radius 1 is 0.889 bits per heavy atom. The summed E-state index contributed by atoms with van der Waals surface area (Å²) >= 11 is 0. The summed E-state index contributed by atoms with van der Waals surface area (Å²) in [6.07, 6.45) is -0.322. The Morgan fingerprint density at radius 2 is 1.33 bits per heavy atom. The first-order valence-electron chi connectivity index (χ1n) is 3.26. The van der Waals surface area contributed by atoms with E-state index in [1.807, 2.05) is 0 Å². The fraction of sp³-hybridized carbons (Fsp3) is 1.00. The van der Waals surface area contributed by atoms with Crippen molar-refractivity contribution in [2.75, 3.05) is 0 Å². The molecule has 0 aliphatic heterocycles. The third-order valence-electron chi connectivity index (χ3n) is 1.79. The standard InChI is InChI=1S/C6H12O3/c7-4-2-1-3-5(8)6(4)9/h4-9H,1-3H2/t4-,5+,6?. The van der Waals surface area contributed by atoms with Crippen LogP contribution in [0.15, 0.2) is 0 Å². The average Bonchev–Trinajstić information content (AvgIpc) is 1.83. The van der Waals surface area contributed by atoms with Gasteiger partial charge in [0.2, 0.25) is 0 Å². The molecule has 1 saturated carbocycles. The molecule has 1 fully saturated rings. The molecule has 0 aromatic heterocycles. The van der Waals surface area contributed by atoms with Crippen molar-refractivity contribution in [3.63, 3.8) is 0 Å². The van der Waals surface area contributed by atoms with Crippen molar-refractivity contribution in [2.24, 2.45) is 0 Å². The lowest BCUT2D eigenvalue weighted by atomic mass is 9.92. The van der Waals surface area contributed by atoms with Gasteiger partial charge in [-0.3, -0.25) is 0 Å². The van der Waals surface area contributed by atoms with Crippen molar-refractivity contribution in [3.05, 3.63) is 0 Å². The maximum absolute atomic E-state index is 8.95. The summed E-state index contributed by atoms with van der Waals surface area (Å²) < 4.78 is 0. The molecule has 1 rings (SSSR count). The molecule has 0 aromatic rings. The van der Waals surface area contributed by atoms with E-state index in [1.165, 1.54) is 0 Å². The summed E-state index contributed by atoms with van der Waals surface area (Å²) in [6, 6.07) is 0. The Kier molecular flexibility index (Phi) is 2.05. The first kappa shape index (κ1) is 6.99. The first-order chi connectivity index (χ1) is 4.22. The average molecular weight is 132 g/mol. The van der Waals surface area contributed by atoms with E-state index in [4.69, 9.17) is 15.3 Å². The van der Waals surface area contributed by atoms with Crippen LogP contribution in [0.25, 0.3) is 0 Å². The molecule has 1 aliphatic carbocycles. The monoisotopic (exact) mass is 132 g/mol. The van der Waals surface area contributed by atoms with Crippen LogP contribution >= 0.6 is 0 Å². The molecule has 3 N–H and O–H groups in total. The van der Waals surface area contributed by atoms with Crippen molar-refractivity contribution in [1.82, 2.24) is 0 Å². The van der Waals surface area contributed by atoms with Gasteiger partial charge in [-0.1, -0.05) is 0 Å². The molecule has 3 nitrogen and oxygen atoms in total. The van der Waals surface area contributed by atoms with Gasteiger partial charge in [0.05, 0.1) is 12.2 Å². The lowest BCUT2D eigenvalue weighted by Gasteiger charge is -2.27. The van der Waals surface area contributed by atoms with Gasteiger partial charge in [0.15, 0.2) is 0 Å². The van der Waals surface area contributed by atoms with Crippen molar-refractivity contribution >= 4 is 0 Å². The summed E-state index contributed by atoms with van der Waals surface area (Å²) in [7, 11) is 0. The molecular formula is C6H12O3. The Bertz CT molecular complexity index is 84.3. The molecule has 0 aromatic carbocycles. The van der Waals surface area contributed by atoms with Crippen LogP contribution in [0.2, 0.25) is 0 Å². The van der Waals surface area contributed by atoms with Gasteiger partial charge >= 0.3 is 0 Å². The number of hydrogen-bond donors (Lipinski definition) is 3. The van der Waals surface area contributed by atoms with Crippen molar-refractivity contribution < 1.29 is 15.3 Å². The molecule has 0 radical (unpaired) electrons. The van der Waals surface area contributed by atoms with Gasteiger partial charge in [0.1, 0.15) is 6.10 Å². The number of aliphatic hydroxyl groups excluding tert-OH is 3. The second-order valence-electron chi connectivity index (χ2n) is 2.56. The van der Waals surface area contributed by atoms with E-state index in [0.717, 1.165) is 6.42 Å². The van der Waals surface area contributed by atoms with Gasteiger partial charge in [-0.2, -0.15) is 0 Å². The lowest BCUT2D eigenvalue weighted by molar-refractivity contribution is -0.0843. The second-order valence-corrected chi connectivity index (χ2v) is 2.56. The maximum Gasteiger partial charge on any atom is 0.106 e. The lowest BCUT2D eigenvalue weighted by Crippen LogP contribution is -2.40. The first-order valence-corrected chi connectivity index (χ1v) is 3.26. The van der Waals surface area contributed by atoms with Crippen molar-refractivity contribution in [3.8, 4) is 0 Å². The van der Waals surface area contributed by atoms with Crippen LogP contribution in [-0.2, 0) is 0 Å². The van der Waals surface area contributed by atoms with E-state index < -0.39 is 18.3 Å². The van der Waals surface area contributed by atoms with Crippen LogP contribution in [0, 0.1) is 0 Å². The summed E-state index contributed by atoms with van der Waals surface area (Å²) in [5.74, 6) is 0. The van der Waals surface area contributed by atoms with Crippen molar-refractivity contribution in [1.29, 1.82) is 0 Å². The van der Waals surface area contributed by atoms with Crippen LogP contribution < -0.4 is 0 Å². The van der Waals surface area contributed by atoms with Crippen LogP contribution in [0.4, 0.5) is 0 Å². The van der Waals surface area contributed by atoms with E-state index in [0.29, 0.717) is 12.8 Å². The number of hydrogen-bond acceptors (Lipinski definition) is 3. The Balaban J connectivity index is 2.41. The van der Waals surface area contributed by atoms with Gasteiger partial charge in [-0.05, 0) is 19.3 Å². The topological polar surface area (TPSA) is 60.7 Å². The quantitative estimate of drug-likeness (QED) is 0.406. The molecule has 3 heteroatoms. The van der Waals surface area contributed by atoms with E-state index in [-0.39, 0.29) is 0 Å². The maximum atomic E-state index is 8.95. The zero-order chi connectivity index (χ0) is 6.85. The van der Waals surface area contributed by atoms with Crippen molar-refractivity contribution in [2.45, 2.75) is 37.6 Å². The molecule has 54 valence electrons. The van der Waals surface area contributed by atoms with Gasteiger partial charge in [-0.25, -0.2) is 0 Å². The Hall–Kier alpha value is -0.120. The fourth-order valence-corrected chi connectivity index (χ4v) is 1.13. The number of aliphatic hydroxyl groups is 3. The minimum atomic E-state index is -0.918. The van der Waals surface area contributed by atoms with Gasteiger partial charge in [0, 0.05) is 0 Å². The molecule has 0 saturated heterocycles. The minimum absolute atomic E-state index is 0.609. The zero-order valence-corrected chi connectivity index (χ0v) is 5.20. The summed E-state index contributed by atoms with van der Waals surface area (Å²) in [5.41, 5.74) is 0. The second kappa shape index (κ2) is 2.64. The molecular weight excluding hydrogens is 120 g/mol. The van der Waals surface area contributed by atoms with E-state index in [1.54, 1.807) is 0 Å². The zero-order valence-electron chi connectivity index (χ0n) is 5.20. The molecule has 3 atom stereocenters. The highest BCUT2D eigenvalue weighted by Gasteiger charge is 2.28. The van der Waals surface area contributed by atoms with E-state index in [9.17, 15) is 0 Å². The fourth-order valence-electron chi connectivity index (χ4n) is 1.13. The Morgan fingerprint density at radius 3 is 1.67 bits per heavy atom. The smallest absolute Gasteiger partial charge is 0.106 e. The SMILES string of the molecule is OC1[C@H](O)CCC[C@@H]1O. The largest absolute Gasteiger partial charge is 0.390 e. The van der Waals surface area contributed by atoms with Crippen LogP contribution in [0.5, 0.6) is 0 Å². The highest BCUT2D eigenvalue weighted by atomic mass is 16.4. The normalized spacial score (nSPS) is 45.0. The molecule has 0 bridgehead atoms. The van der Waals surface area contributed by atoms with Gasteiger partial charge < -0.3 is 15.3 Å². The molecule has 0 spiro atoms. The predicted octanol–water partition coefficient (Wildman–Crippen LogP) is -0.747. The van der Waals surface area contributed by atoms with Crippen LogP contribution in [0.1, 0.15) is 19.3 Å². The molecule has 0 heterocycles. The highest BCUT2D eigenvalue weighted by Crippen LogP contribution is 2.18. The van der Waals surface area contributed by atoms with Crippen LogP contribution in [0.3, 0.4) is 0 Å². The third-order valence-corrected chi connectivity index (χ3v) is 1.79. The molecule has 9 heavy (non-hydrogen) atoms. The summed E-state index contributed by atoms with van der Waals surface area (Å²) in [4.78, 5) is 0. The molecule has 1 aliphatic rings. The predicted molar refractivity (Wildman–Crippen MR) is 31.9 cm³/mol. The van der Waals surface area contributed by atoms with E-state index in [2.05, 4.69) is 0 Å². The summed E-state index contributed by atoms with van der Waals surface area (Å²) in [6.45, 7) is 0. The Labute approximate surface area is 53.9 Å².